The van der Waals surface area contributed by atoms with Gasteiger partial charge in [0.05, 0.1) is 23.7 Å². The van der Waals surface area contributed by atoms with Gasteiger partial charge in [0.25, 0.3) is 0 Å². The number of esters is 1. The lowest BCUT2D eigenvalue weighted by atomic mass is 9.67. The van der Waals surface area contributed by atoms with E-state index in [2.05, 4.69) is 0 Å². The van der Waals surface area contributed by atoms with Gasteiger partial charge in [-0.3, -0.25) is 9.59 Å². The molecule has 2 aliphatic carbocycles. The van der Waals surface area contributed by atoms with Crippen LogP contribution in [0.4, 0.5) is 0 Å². The van der Waals surface area contributed by atoms with E-state index in [4.69, 9.17) is 33.7 Å². The number of carbonyl (C=O) groups is 2. The molecule has 0 heterocycles. The second kappa shape index (κ2) is 9.79. The Balaban J connectivity index is 0.000000182. The summed E-state index contributed by atoms with van der Waals surface area (Å²) in [5, 5.41) is 21.7. The molecule has 1 amide bonds. The number of primary amides is 1. The SMILES string of the molecule is CCOC(=O)C1CC(O)(c2ccc(Cl)cc2)C1.NC(=O)C1CC(O)(c2ccc(Cl)cc2)C1. The lowest BCUT2D eigenvalue weighted by Crippen LogP contribution is -2.46. The zero-order valence-electron chi connectivity index (χ0n) is 17.8. The smallest absolute Gasteiger partial charge is 0.309 e. The highest BCUT2D eigenvalue weighted by molar-refractivity contribution is 6.30. The quantitative estimate of drug-likeness (QED) is 0.562. The van der Waals surface area contributed by atoms with Crippen molar-refractivity contribution in [3.63, 3.8) is 0 Å². The van der Waals surface area contributed by atoms with E-state index >= 15 is 0 Å². The molecule has 2 saturated carbocycles. The standard InChI is InChI=1S/C13H15ClO3.C11H12ClNO2/c1-2-17-12(15)9-7-13(16,8-9)10-3-5-11(14)6-4-10;12-9-3-1-8(2-4-9)11(15)5-7(6-11)10(13)14/h3-6,9,16H,2,7-8H2,1H3;1-4,7,15H,5-6H2,(H2,13,14). The summed E-state index contributed by atoms with van der Waals surface area (Å²) in [4.78, 5) is 22.3. The van der Waals surface area contributed by atoms with Gasteiger partial charge in [-0.25, -0.2) is 0 Å². The van der Waals surface area contributed by atoms with Crippen molar-refractivity contribution in [3.8, 4) is 0 Å². The maximum absolute atomic E-state index is 11.4. The summed E-state index contributed by atoms with van der Waals surface area (Å²) >= 11 is 11.5. The van der Waals surface area contributed by atoms with E-state index in [1.807, 2.05) is 0 Å². The Labute approximate surface area is 197 Å². The normalized spacial score (nSPS) is 28.4. The van der Waals surface area contributed by atoms with Crippen LogP contribution in [-0.2, 0) is 25.5 Å². The van der Waals surface area contributed by atoms with Gasteiger partial charge in [-0.1, -0.05) is 47.5 Å². The van der Waals surface area contributed by atoms with E-state index in [0.29, 0.717) is 42.3 Å². The zero-order chi connectivity index (χ0) is 23.5. The lowest BCUT2D eigenvalue weighted by molar-refractivity contribution is -0.165. The molecule has 2 aromatic rings. The topological polar surface area (TPSA) is 110 Å². The number of hydrogen-bond donors (Lipinski definition) is 3. The predicted octanol–water partition coefficient (Wildman–Crippen LogP) is 3.92. The number of benzene rings is 2. The van der Waals surface area contributed by atoms with E-state index in [1.165, 1.54) is 0 Å². The Kier molecular flexibility index (Phi) is 7.50. The van der Waals surface area contributed by atoms with Gasteiger partial charge in [0.15, 0.2) is 0 Å². The number of nitrogens with two attached hydrogens (primary N) is 1. The van der Waals surface area contributed by atoms with Gasteiger partial charge >= 0.3 is 5.97 Å². The van der Waals surface area contributed by atoms with Crippen molar-refractivity contribution in [1.82, 2.24) is 0 Å². The van der Waals surface area contributed by atoms with Crippen LogP contribution < -0.4 is 5.73 Å². The Morgan fingerprint density at radius 2 is 1.25 bits per heavy atom. The second-order valence-corrected chi connectivity index (χ2v) is 9.31. The van der Waals surface area contributed by atoms with Gasteiger partial charge in [0.1, 0.15) is 0 Å². The van der Waals surface area contributed by atoms with E-state index < -0.39 is 11.2 Å². The number of carbonyl (C=O) groups excluding carboxylic acids is 2. The van der Waals surface area contributed by atoms with E-state index in [-0.39, 0.29) is 23.7 Å². The monoisotopic (exact) mass is 479 g/mol. The minimum Gasteiger partial charge on any atom is -0.466 e. The van der Waals surface area contributed by atoms with Gasteiger partial charge in [-0.2, -0.15) is 0 Å². The Bertz CT molecular complexity index is 949. The maximum atomic E-state index is 11.4. The molecule has 4 rings (SSSR count). The van der Waals surface area contributed by atoms with Gasteiger partial charge in [0.2, 0.25) is 5.91 Å². The summed E-state index contributed by atoms with van der Waals surface area (Å²) in [6.07, 6.45) is 1.66. The van der Waals surface area contributed by atoms with Crippen LogP contribution in [0, 0.1) is 11.8 Å². The summed E-state index contributed by atoms with van der Waals surface area (Å²) in [5.41, 5.74) is 4.95. The number of rotatable bonds is 5. The molecule has 172 valence electrons. The van der Waals surface area contributed by atoms with Crippen molar-refractivity contribution < 1.29 is 24.5 Å². The molecule has 0 saturated heterocycles. The average molecular weight is 480 g/mol. The van der Waals surface area contributed by atoms with Crippen molar-refractivity contribution in [3.05, 3.63) is 69.7 Å². The molecule has 0 radical (unpaired) electrons. The second-order valence-electron chi connectivity index (χ2n) is 8.44. The maximum Gasteiger partial charge on any atom is 0.309 e. The van der Waals surface area contributed by atoms with E-state index in [0.717, 1.165) is 11.1 Å². The summed E-state index contributed by atoms with van der Waals surface area (Å²) in [5.74, 6) is -0.943. The first kappa shape index (κ1) is 24.5. The van der Waals surface area contributed by atoms with Crippen LogP contribution in [-0.4, -0.2) is 28.7 Å². The minimum absolute atomic E-state index is 0.185. The number of halogens is 2. The van der Waals surface area contributed by atoms with Crippen molar-refractivity contribution in [2.75, 3.05) is 6.61 Å². The molecule has 2 fully saturated rings. The van der Waals surface area contributed by atoms with Crippen molar-refractivity contribution in [2.24, 2.45) is 17.6 Å². The molecule has 8 heteroatoms. The fourth-order valence-corrected chi connectivity index (χ4v) is 4.38. The molecule has 0 atom stereocenters. The number of hydrogen-bond acceptors (Lipinski definition) is 5. The van der Waals surface area contributed by atoms with Crippen LogP contribution in [0.25, 0.3) is 0 Å². The van der Waals surface area contributed by atoms with Crippen LogP contribution in [0.5, 0.6) is 0 Å². The van der Waals surface area contributed by atoms with Gasteiger partial charge in [0, 0.05) is 16.0 Å². The van der Waals surface area contributed by atoms with Gasteiger partial charge in [-0.15, -0.1) is 0 Å². The molecule has 0 aromatic heterocycles. The van der Waals surface area contributed by atoms with E-state index in [1.54, 1.807) is 55.5 Å². The Morgan fingerprint density at radius 3 is 1.59 bits per heavy atom. The Morgan fingerprint density at radius 1 is 0.875 bits per heavy atom. The Hall–Kier alpha value is -2.12. The third-order valence-corrected chi connectivity index (χ3v) is 6.63. The molecule has 6 nitrogen and oxygen atoms in total. The third kappa shape index (κ3) is 5.44. The first-order valence-corrected chi connectivity index (χ1v) is 11.2. The molecule has 2 aliphatic rings. The van der Waals surface area contributed by atoms with Crippen molar-refractivity contribution in [1.29, 1.82) is 0 Å². The molecule has 2 aromatic carbocycles. The molecule has 32 heavy (non-hydrogen) atoms. The lowest BCUT2D eigenvalue weighted by Gasteiger charge is -2.42. The summed E-state index contributed by atoms with van der Waals surface area (Å²) in [6, 6.07) is 14.1. The molecular formula is C24H27Cl2NO5. The van der Waals surface area contributed by atoms with Gasteiger partial charge in [-0.05, 0) is 68.0 Å². The fourth-order valence-electron chi connectivity index (χ4n) is 4.13. The number of ether oxygens (including phenoxy) is 1. The van der Waals surface area contributed by atoms with Crippen LogP contribution in [0.2, 0.25) is 10.0 Å². The highest BCUT2D eigenvalue weighted by atomic mass is 35.5. The van der Waals surface area contributed by atoms with Crippen LogP contribution in [0.1, 0.15) is 43.7 Å². The molecular weight excluding hydrogens is 453 g/mol. The van der Waals surface area contributed by atoms with Crippen LogP contribution in [0.15, 0.2) is 48.5 Å². The molecule has 4 N–H and O–H groups in total. The summed E-state index contributed by atoms with van der Waals surface area (Å²) in [7, 11) is 0. The highest BCUT2D eigenvalue weighted by Gasteiger charge is 2.48. The molecule has 0 aliphatic heterocycles. The highest BCUT2D eigenvalue weighted by Crippen LogP contribution is 2.46. The first-order valence-electron chi connectivity index (χ1n) is 10.5. The minimum atomic E-state index is -0.901. The van der Waals surface area contributed by atoms with Crippen molar-refractivity contribution >= 4 is 35.1 Å². The van der Waals surface area contributed by atoms with Gasteiger partial charge < -0.3 is 20.7 Å². The summed E-state index contributed by atoms with van der Waals surface area (Å²) < 4.78 is 4.92. The number of aliphatic hydroxyl groups is 2. The van der Waals surface area contributed by atoms with Crippen molar-refractivity contribution in [2.45, 2.75) is 43.8 Å². The largest absolute Gasteiger partial charge is 0.466 e. The van der Waals surface area contributed by atoms with E-state index in [9.17, 15) is 19.8 Å². The van der Waals surface area contributed by atoms with Crippen LogP contribution >= 0.6 is 23.2 Å². The summed E-state index contributed by atoms with van der Waals surface area (Å²) in [6.45, 7) is 2.16. The number of amides is 1. The molecule has 0 spiro atoms. The zero-order valence-corrected chi connectivity index (χ0v) is 19.3. The fraction of sp³-hybridized carbons (Fsp3) is 0.417. The van der Waals surface area contributed by atoms with Crippen LogP contribution in [0.3, 0.4) is 0 Å². The third-order valence-electron chi connectivity index (χ3n) is 6.12. The molecule has 0 unspecified atom stereocenters. The average Bonchev–Trinajstić information content (AvgIpc) is 2.70. The first-order chi connectivity index (χ1) is 15.1. The predicted molar refractivity (Wildman–Crippen MR) is 122 cm³/mol. The molecule has 0 bridgehead atoms.